The Morgan fingerprint density at radius 1 is 1.38 bits per heavy atom. The van der Waals surface area contributed by atoms with Crippen LogP contribution in [0.1, 0.15) is 50.2 Å². The number of ether oxygens (including phenoxy) is 1. The van der Waals surface area contributed by atoms with Gasteiger partial charge < -0.3 is 14.2 Å². The molecule has 0 saturated carbocycles. The molecular weight excluding hydrogens is 306 g/mol. The molecule has 0 radical (unpaired) electrons. The summed E-state index contributed by atoms with van der Waals surface area (Å²) in [7, 11) is 0. The van der Waals surface area contributed by atoms with E-state index in [1.807, 2.05) is 11.8 Å². The maximum absolute atomic E-state index is 12.5. The quantitative estimate of drug-likeness (QED) is 0.793. The van der Waals surface area contributed by atoms with Crippen molar-refractivity contribution in [2.45, 2.75) is 64.1 Å². The lowest BCUT2D eigenvalue weighted by atomic mass is 9.97. The van der Waals surface area contributed by atoms with Crippen LogP contribution in [0, 0.1) is 12.8 Å². The zero-order chi connectivity index (χ0) is 16.5. The van der Waals surface area contributed by atoms with Crippen molar-refractivity contribution in [3.8, 4) is 0 Å². The number of aryl methyl sites for hydroxylation is 1. The van der Waals surface area contributed by atoms with E-state index in [4.69, 9.17) is 9.26 Å². The maximum atomic E-state index is 12.5. The zero-order valence-corrected chi connectivity index (χ0v) is 14.2. The lowest BCUT2D eigenvalue weighted by Crippen LogP contribution is -2.31. The van der Waals surface area contributed by atoms with E-state index in [0.29, 0.717) is 30.5 Å². The molecule has 0 aromatic carbocycles. The summed E-state index contributed by atoms with van der Waals surface area (Å²) in [5.74, 6) is 2.03. The van der Waals surface area contributed by atoms with Crippen molar-refractivity contribution in [1.82, 2.24) is 15.0 Å². The van der Waals surface area contributed by atoms with Crippen LogP contribution in [0.3, 0.4) is 0 Å². The number of amides is 1. The van der Waals surface area contributed by atoms with Crippen LogP contribution in [0.15, 0.2) is 16.2 Å². The normalized spacial score (nSPS) is 29.6. The Labute approximate surface area is 142 Å². The highest BCUT2D eigenvalue weighted by Crippen LogP contribution is 2.35. The van der Waals surface area contributed by atoms with Gasteiger partial charge in [0.2, 0.25) is 11.8 Å². The summed E-state index contributed by atoms with van der Waals surface area (Å²) in [6.45, 7) is 3.38. The van der Waals surface area contributed by atoms with Crippen molar-refractivity contribution in [2.24, 2.45) is 5.92 Å². The monoisotopic (exact) mass is 331 g/mol. The Morgan fingerprint density at radius 3 is 3.00 bits per heavy atom. The molecule has 2 saturated heterocycles. The molecule has 3 aliphatic rings. The number of hydrogen-bond donors (Lipinski definition) is 0. The first-order valence-corrected chi connectivity index (χ1v) is 9.07. The topological polar surface area (TPSA) is 68.5 Å². The number of hydrogen-bond acceptors (Lipinski definition) is 5. The molecule has 1 amide bonds. The standard InChI is InChI=1S/C18H25N3O3/c1-12-19-17(24-20-12)9-15-8-14-10-21(11-16(14)23-15)18(22)7-13-5-3-2-4-6-13/h5,14-16H,2-4,6-11H2,1H3/t14-,15-,16+/m0/s1. The summed E-state index contributed by atoms with van der Waals surface area (Å²) < 4.78 is 11.3. The predicted molar refractivity (Wildman–Crippen MR) is 87.3 cm³/mol. The molecular formula is C18H25N3O3. The Hall–Kier alpha value is -1.69. The van der Waals surface area contributed by atoms with E-state index in [-0.39, 0.29) is 18.1 Å². The molecule has 0 unspecified atom stereocenters. The minimum atomic E-state index is 0.137. The molecule has 2 fully saturated rings. The van der Waals surface area contributed by atoms with Gasteiger partial charge in [0, 0.05) is 25.4 Å². The van der Waals surface area contributed by atoms with E-state index >= 15 is 0 Å². The lowest BCUT2D eigenvalue weighted by molar-refractivity contribution is -0.130. The molecule has 3 atom stereocenters. The zero-order valence-electron chi connectivity index (χ0n) is 14.2. The van der Waals surface area contributed by atoms with Gasteiger partial charge in [-0.15, -0.1) is 0 Å². The average Bonchev–Trinajstić information content (AvgIpc) is 3.23. The van der Waals surface area contributed by atoms with E-state index < -0.39 is 0 Å². The fourth-order valence-electron chi connectivity index (χ4n) is 4.19. The number of fused-ring (bicyclic) bond motifs is 1. The minimum absolute atomic E-state index is 0.137. The molecule has 130 valence electrons. The highest BCUT2D eigenvalue weighted by molar-refractivity contribution is 5.79. The third-order valence-corrected chi connectivity index (χ3v) is 5.40. The molecule has 0 spiro atoms. The molecule has 6 nitrogen and oxygen atoms in total. The van der Waals surface area contributed by atoms with Crippen LogP contribution in [0.5, 0.6) is 0 Å². The number of nitrogens with zero attached hydrogens (tertiary/aromatic N) is 3. The van der Waals surface area contributed by atoms with Crippen LogP contribution in [0.25, 0.3) is 0 Å². The van der Waals surface area contributed by atoms with Crippen LogP contribution in [0.4, 0.5) is 0 Å². The highest BCUT2D eigenvalue weighted by atomic mass is 16.5. The number of allylic oxidation sites excluding steroid dienone is 1. The molecule has 1 aromatic rings. The summed E-state index contributed by atoms with van der Waals surface area (Å²) in [4.78, 5) is 18.8. The van der Waals surface area contributed by atoms with Gasteiger partial charge in [-0.1, -0.05) is 16.8 Å². The van der Waals surface area contributed by atoms with Crippen LogP contribution >= 0.6 is 0 Å². The van der Waals surface area contributed by atoms with E-state index in [1.54, 1.807) is 0 Å². The number of aromatic nitrogens is 2. The van der Waals surface area contributed by atoms with E-state index in [9.17, 15) is 4.79 Å². The number of carbonyl (C=O) groups is 1. The van der Waals surface area contributed by atoms with Crippen molar-refractivity contribution >= 4 is 5.91 Å². The van der Waals surface area contributed by atoms with Gasteiger partial charge in [-0.25, -0.2) is 0 Å². The van der Waals surface area contributed by atoms with E-state index in [1.165, 1.54) is 18.4 Å². The van der Waals surface area contributed by atoms with Crippen molar-refractivity contribution < 1.29 is 14.1 Å². The van der Waals surface area contributed by atoms with Crippen LogP contribution in [-0.4, -0.2) is 46.2 Å². The van der Waals surface area contributed by atoms with Crippen LogP contribution in [-0.2, 0) is 16.0 Å². The fourth-order valence-corrected chi connectivity index (χ4v) is 4.19. The number of likely N-dealkylation sites (tertiary alicyclic amines) is 1. The Kier molecular flexibility index (Phi) is 4.39. The van der Waals surface area contributed by atoms with Gasteiger partial charge in [-0.2, -0.15) is 4.98 Å². The summed E-state index contributed by atoms with van der Waals surface area (Å²) in [5.41, 5.74) is 1.33. The molecule has 1 aromatic heterocycles. The first-order chi connectivity index (χ1) is 11.7. The van der Waals surface area contributed by atoms with Crippen molar-refractivity contribution in [1.29, 1.82) is 0 Å². The van der Waals surface area contributed by atoms with Gasteiger partial charge in [0.25, 0.3) is 0 Å². The van der Waals surface area contributed by atoms with Crippen LogP contribution in [0.2, 0.25) is 0 Å². The van der Waals surface area contributed by atoms with Crippen molar-refractivity contribution in [2.75, 3.05) is 13.1 Å². The fraction of sp³-hybridized carbons (Fsp3) is 0.722. The molecule has 4 rings (SSSR count). The molecule has 3 heterocycles. The predicted octanol–water partition coefficient (Wildman–Crippen LogP) is 2.43. The minimum Gasteiger partial charge on any atom is -0.372 e. The van der Waals surface area contributed by atoms with Gasteiger partial charge in [0.05, 0.1) is 18.6 Å². The molecule has 1 aliphatic carbocycles. The van der Waals surface area contributed by atoms with E-state index in [2.05, 4.69) is 16.2 Å². The third-order valence-electron chi connectivity index (χ3n) is 5.40. The largest absolute Gasteiger partial charge is 0.372 e. The molecule has 2 aliphatic heterocycles. The van der Waals surface area contributed by atoms with E-state index in [0.717, 1.165) is 32.4 Å². The lowest BCUT2D eigenvalue weighted by Gasteiger charge is -2.21. The number of carbonyl (C=O) groups excluding carboxylic acids is 1. The average molecular weight is 331 g/mol. The Morgan fingerprint density at radius 2 is 2.29 bits per heavy atom. The molecule has 6 heteroatoms. The molecule has 0 bridgehead atoms. The highest BCUT2D eigenvalue weighted by Gasteiger charge is 2.43. The summed E-state index contributed by atoms with van der Waals surface area (Å²) >= 11 is 0. The second kappa shape index (κ2) is 6.67. The van der Waals surface area contributed by atoms with Gasteiger partial charge in [0.15, 0.2) is 5.82 Å². The Bertz CT molecular complexity index is 625. The van der Waals surface area contributed by atoms with Gasteiger partial charge >= 0.3 is 0 Å². The SMILES string of the molecule is Cc1noc(C[C@@H]2C[C@H]3CN(C(=O)CC4=CCCCC4)C[C@H]3O2)n1. The second-order valence-electron chi connectivity index (χ2n) is 7.32. The van der Waals surface area contributed by atoms with Crippen LogP contribution < -0.4 is 0 Å². The van der Waals surface area contributed by atoms with Gasteiger partial charge in [-0.3, -0.25) is 4.79 Å². The van der Waals surface area contributed by atoms with Crippen molar-refractivity contribution in [3.05, 3.63) is 23.4 Å². The molecule has 0 N–H and O–H groups in total. The van der Waals surface area contributed by atoms with Crippen molar-refractivity contribution in [3.63, 3.8) is 0 Å². The van der Waals surface area contributed by atoms with Gasteiger partial charge in [-0.05, 0) is 39.0 Å². The number of rotatable bonds is 4. The second-order valence-corrected chi connectivity index (χ2v) is 7.32. The third kappa shape index (κ3) is 3.38. The molecule has 24 heavy (non-hydrogen) atoms. The summed E-state index contributed by atoms with van der Waals surface area (Å²) in [6, 6.07) is 0. The Balaban J connectivity index is 1.28. The smallest absolute Gasteiger partial charge is 0.229 e. The summed E-state index contributed by atoms with van der Waals surface area (Å²) in [6.07, 6.45) is 9.53. The first kappa shape index (κ1) is 15.8. The maximum Gasteiger partial charge on any atom is 0.229 e. The van der Waals surface area contributed by atoms with Gasteiger partial charge in [0.1, 0.15) is 0 Å². The first-order valence-electron chi connectivity index (χ1n) is 9.07. The summed E-state index contributed by atoms with van der Waals surface area (Å²) in [5, 5.41) is 3.82.